The Kier molecular flexibility index (Phi) is 5.03. The predicted molar refractivity (Wildman–Crippen MR) is 109 cm³/mol. The molecule has 1 fully saturated rings. The smallest absolute Gasteiger partial charge is 0.0574 e. The molecule has 132 valence electrons. The van der Waals surface area contributed by atoms with Crippen molar-refractivity contribution in [2.24, 2.45) is 0 Å². The van der Waals surface area contributed by atoms with Crippen LogP contribution in [0.15, 0.2) is 78.9 Å². The van der Waals surface area contributed by atoms with E-state index >= 15 is 0 Å². The second kappa shape index (κ2) is 7.76. The highest BCUT2D eigenvalue weighted by molar-refractivity contribution is 5.66. The molecular weight excluding hydrogens is 318 g/mol. The fraction of sp³-hybridized carbons (Fsp3) is 0.250. The molecule has 1 aliphatic heterocycles. The molecule has 3 aromatic rings. The molecule has 1 aliphatic rings. The lowest BCUT2D eigenvalue weighted by Gasteiger charge is -2.31. The first-order chi connectivity index (χ1) is 12.8. The topological polar surface area (TPSA) is 23.5 Å². The number of aliphatic hydroxyl groups is 1. The monoisotopic (exact) mass is 343 g/mol. The lowest BCUT2D eigenvalue weighted by molar-refractivity contribution is 0.145. The molecule has 26 heavy (non-hydrogen) atoms. The molecule has 1 N–H and O–H groups in total. The highest BCUT2D eigenvalue weighted by atomic mass is 16.3. The Morgan fingerprint density at radius 2 is 1.23 bits per heavy atom. The summed E-state index contributed by atoms with van der Waals surface area (Å²) in [6.45, 7) is 1.88. The summed E-state index contributed by atoms with van der Waals surface area (Å²) in [5.74, 6) is 0. The average Bonchev–Trinajstić information content (AvgIpc) is 2.70. The maximum absolute atomic E-state index is 9.66. The first-order valence-corrected chi connectivity index (χ1v) is 9.44. The van der Waals surface area contributed by atoms with Crippen LogP contribution in [0.3, 0.4) is 0 Å². The minimum atomic E-state index is -0.125. The molecule has 0 amide bonds. The van der Waals surface area contributed by atoms with E-state index < -0.39 is 0 Å². The van der Waals surface area contributed by atoms with Gasteiger partial charge in [-0.15, -0.1) is 0 Å². The van der Waals surface area contributed by atoms with Gasteiger partial charge in [-0.3, -0.25) is 0 Å². The summed E-state index contributed by atoms with van der Waals surface area (Å²) in [5, 5.41) is 9.66. The fourth-order valence-corrected chi connectivity index (χ4v) is 3.64. The van der Waals surface area contributed by atoms with Crippen molar-refractivity contribution in [2.45, 2.75) is 25.4 Å². The van der Waals surface area contributed by atoms with E-state index in [4.69, 9.17) is 0 Å². The molecule has 0 bridgehead atoms. The van der Waals surface area contributed by atoms with Crippen LogP contribution in [0.1, 0.15) is 24.0 Å². The molecule has 0 aromatic heterocycles. The van der Waals surface area contributed by atoms with Crippen molar-refractivity contribution in [1.29, 1.82) is 0 Å². The van der Waals surface area contributed by atoms with Gasteiger partial charge in [0.1, 0.15) is 0 Å². The van der Waals surface area contributed by atoms with E-state index in [1.807, 2.05) is 0 Å². The van der Waals surface area contributed by atoms with Crippen molar-refractivity contribution in [3.05, 3.63) is 90.0 Å². The lowest BCUT2D eigenvalue weighted by Crippen LogP contribution is -2.35. The van der Waals surface area contributed by atoms with Gasteiger partial charge in [0.05, 0.1) is 6.10 Å². The van der Waals surface area contributed by atoms with Crippen molar-refractivity contribution in [1.82, 2.24) is 0 Å². The molecule has 1 heterocycles. The molecule has 2 heteroatoms. The van der Waals surface area contributed by atoms with E-state index in [0.717, 1.165) is 32.4 Å². The van der Waals surface area contributed by atoms with Gasteiger partial charge >= 0.3 is 0 Å². The molecule has 0 spiro atoms. The molecule has 4 rings (SSSR count). The van der Waals surface area contributed by atoms with Gasteiger partial charge in [0.2, 0.25) is 0 Å². The van der Waals surface area contributed by atoms with Gasteiger partial charge in [-0.1, -0.05) is 66.7 Å². The van der Waals surface area contributed by atoms with Crippen LogP contribution in [-0.2, 0) is 6.42 Å². The highest BCUT2D eigenvalue weighted by Gasteiger charge is 2.17. The molecule has 0 unspecified atom stereocenters. The number of aliphatic hydroxyl groups excluding tert-OH is 1. The maximum atomic E-state index is 9.66. The molecule has 0 aliphatic carbocycles. The number of rotatable bonds is 4. The minimum Gasteiger partial charge on any atom is -0.393 e. The Balaban J connectivity index is 1.44. The fourth-order valence-electron chi connectivity index (χ4n) is 3.64. The van der Waals surface area contributed by atoms with Crippen LogP contribution in [0, 0.1) is 0 Å². The zero-order valence-corrected chi connectivity index (χ0v) is 15.0. The highest BCUT2D eigenvalue weighted by Crippen LogP contribution is 2.26. The van der Waals surface area contributed by atoms with Gasteiger partial charge in [0, 0.05) is 18.8 Å². The van der Waals surface area contributed by atoms with Crippen molar-refractivity contribution >= 4 is 5.69 Å². The second-order valence-corrected chi connectivity index (χ2v) is 7.12. The normalized spacial score (nSPS) is 15.2. The lowest BCUT2D eigenvalue weighted by atomic mass is 10.00. The Morgan fingerprint density at radius 1 is 0.692 bits per heavy atom. The Bertz CT molecular complexity index is 816. The summed E-state index contributed by atoms with van der Waals surface area (Å²) < 4.78 is 0. The van der Waals surface area contributed by atoms with Crippen molar-refractivity contribution in [3.8, 4) is 11.1 Å². The van der Waals surface area contributed by atoms with Gasteiger partial charge in [-0.05, 0) is 53.6 Å². The number of benzene rings is 3. The second-order valence-electron chi connectivity index (χ2n) is 7.12. The molecule has 0 atom stereocenters. The number of nitrogens with zero attached hydrogens (tertiary/aromatic N) is 1. The van der Waals surface area contributed by atoms with Crippen molar-refractivity contribution < 1.29 is 5.11 Å². The van der Waals surface area contributed by atoms with Crippen molar-refractivity contribution in [3.63, 3.8) is 0 Å². The number of hydrogen-bond acceptors (Lipinski definition) is 2. The average molecular weight is 343 g/mol. The van der Waals surface area contributed by atoms with Crippen LogP contribution >= 0.6 is 0 Å². The first kappa shape index (κ1) is 16.9. The van der Waals surface area contributed by atoms with Gasteiger partial charge in [-0.25, -0.2) is 0 Å². The van der Waals surface area contributed by atoms with E-state index in [1.54, 1.807) is 0 Å². The van der Waals surface area contributed by atoms with Crippen LogP contribution in [0.2, 0.25) is 0 Å². The van der Waals surface area contributed by atoms with E-state index in [0.29, 0.717) is 0 Å². The van der Waals surface area contributed by atoms with Crippen molar-refractivity contribution in [2.75, 3.05) is 18.0 Å². The summed E-state index contributed by atoms with van der Waals surface area (Å²) >= 11 is 0. The molecule has 0 radical (unpaired) electrons. The van der Waals surface area contributed by atoms with E-state index in [1.165, 1.54) is 27.9 Å². The number of hydrogen-bond donors (Lipinski definition) is 1. The standard InChI is InChI=1S/C24H25NO/c26-24-14-16-25(17-15-24)23-12-10-22(11-13-23)21-8-6-20(7-9-21)18-19-4-2-1-3-5-19/h1-13,24,26H,14-18H2. The largest absolute Gasteiger partial charge is 0.393 e. The Morgan fingerprint density at radius 3 is 1.85 bits per heavy atom. The SMILES string of the molecule is OC1CCN(c2ccc(-c3ccc(Cc4ccccc4)cc3)cc2)CC1. The predicted octanol–water partition coefficient (Wildman–Crippen LogP) is 4.91. The third-order valence-electron chi connectivity index (χ3n) is 5.24. The van der Waals surface area contributed by atoms with Crippen LogP contribution in [0.5, 0.6) is 0 Å². The molecular formula is C24H25NO. The zero-order chi connectivity index (χ0) is 17.8. The quantitative estimate of drug-likeness (QED) is 0.728. The summed E-state index contributed by atoms with van der Waals surface area (Å²) in [7, 11) is 0. The van der Waals surface area contributed by atoms with E-state index in [9.17, 15) is 5.11 Å². The van der Waals surface area contributed by atoms with Gasteiger partial charge < -0.3 is 10.0 Å². The third kappa shape index (κ3) is 3.97. The molecule has 0 saturated carbocycles. The zero-order valence-electron chi connectivity index (χ0n) is 15.0. The Labute approximate surface area is 155 Å². The maximum Gasteiger partial charge on any atom is 0.0574 e. The van der Waals surface area contributed by atoms with Crippen LogP contribution in [0.25, 0.3) is 11.1 Å². The Hall–Kier alpha value is -2.58. The molecule has 1 saturated heterocycles. The summed E-state index contributed by atoms with van der Waals surface area (Å²) in [4.78, 5) is 2.36. The minimum absolute atomic E-state index is 0.125. The first-order valence-electron chi connectivity index (χ1n) is 9.44. The van der Waals surface area contributed by atoms with Gasteiger partial charge in [-0.2, -0.15) is 0 Å². The number of anilines is 1. The van der Waals surface area contributed by atoms with E-state index in [-0.39, 0.29) is 6.10 Å². The van der Waals surface area contributed by atoms with Gasteiger partial charge in [0.15, 0.2) is 0 Å². The molecule has 2 nitrogen and oxygen atoms in total. The van der Waals surface area contributed by atoms with Crippen LogP contribution < -0.4 is 4.90 Å². The summed E-state index contributed by atoms with van der Waals surface area (Å²) in [6, 6.07) is 28.3. The van der Waals surface area contributed by atoms with Crippen LogP contribution in [0.4, 0.5) is 5.69 Å². The van der Waals surface area contributed by atoms with E-state index in [2.05, 4.69) is 83.8 Å². The number of piperidine rings is 1. The third-order valence-corrected chi connectivity index (χ3v) is 5.24. The summed E-state index contributed by atoms with van der Waals surface area (Å²) in [5.41, 5.74) is 6.43. The van der Waals surface area contributed by atoms with Crippen LogP contribution in [-0.4, -0.2) is 24.3 Å². The molecule has 3 aromatic carbocycles. The van der Waals surface area contributed by atoms with Gasteiger partial charge in [0.25, 0.3) is 0 Å². The summed E-state index contributed by atoms with van der Waals surface area (Å²) in [6.07, 6.45) is 2.58.